The lowest BCUT2D eigenvalue weighted by molar-refractivity contribution is -0.0161. The third kappa shape index (κ3) is 1.76. The maximum absolute atomic E-state index is 11.9. The summed E-state index contributed by atoms with van der Waals surface area (Å²) in [7, 11) is 0. The van der Waals surface area contributed by atoms with Crippen molar-refractivity contribution < 1.29 is 9.53 Å². The first-order valence-corrected chi connectivity index (χ1v) is 6.65. The molecule has 5 nitrogen and oxygen atoms in total. The molecular weight excluding hydrogens is 238 g/mol. The minimum atomic E-state index is -0.149. The van der Waals surface area contributed by atoms with Gasteiger partial charge in [0.25, 0.3) is 5.91 Å². The first-order chi connectivity index (χ1) is 8.16. The van der Waals surface area contributed by atoms with Crippen LogP contribution in [0.5, 0.6) is 0 Å². The molecule has 3 rings (SSSR count). The Morgan fingerprint density at radius 1 is 1.71 bits per heavy atom. The standard InChI is InChI=1S/C11H15N3O2S/c1-5-13-7(4-17-5)11(15)14-9-8(12)6-2-3-16-10(6)9/h4,6,8-10H,2-3,12H2,1H3,(H,14,15). The van der Waals surface area contributed by atoms with Gasteiger partial charge < -0.3 is 15.8 Å². The molecule has 1 saturated heterocycles. The number of hydrogen-bond acceptors (Lipinski definition) is 5. The summed E-state index contributed by atoms with van der Waals surface area (Å²) in [6.45, 7) is 2.64. The lowest BCUT2D eigenvalue weighted by Gasteiger charge is -2.45. The van der Waals surface area contributed by atoms with Gasteiger partial charge >= 0.3 is 0 Å². The number of nitrogens with two attached hydrogens (primary N) is 1. The first kappa shape index (κ1) is 11.1. The van der Waals surface area contributed by atoms with Crippen LogP contribution in [0.25, 0.3) is 0 Å². The molecule has 1 aromatic heterocycles. The minimum absolute atomic E-state index is 0.0196. The van der Waals surface area contributed by atoms with Crippen molar-refractivity contribution in [3.8, 4) is 0 Å². The Hall–Kier alpha value is -0.980. The quantitative estimate of drug-likeness (QED) is 0.794. The fourth-order valence-corrected chi connectivity index (χ4v) is 3.21. The van der Waals surface area contributed by atoms with Gasteiger partial charge in [0.1, 0.15) is 5.69 Å². The summed E-state index contributed by atoms with van der Waals surface area (Å²) >= 11 is 1.47. The summed E-state index contributed by atoms with van der Waals surface area (Å²) in [6, 6.07) is -0.0387. The van der Waals surface area contributed by atoms with Crippen molar-refractivity contribution in [2.24, 2.45) is 11.7 Å². The lowest BCUT2D eigenvalue weighted by atomic mass is 9.72. The van der Waals surface area contributed by atoms with E-state index in [0.29, 0.717) is 11.6 Å². The Bertz CT molecular complexity index is 448. The van der Waals surface area contributed by atoms with Crippen LogP contribution in [0.4, 0.5) is 0 Å². The van der Waals surface area contributed by atoms with Crippen molar-refractivity contribution in [1.82, 2.24) is 10.3 Å². The molecule has 1 aromatic rings. The fraction of sp³-hybridized carbons (Fsp3) is 0.636. The van der Waals surface area contributed by atoms with Crippen LogP contribution in [0.15, 0.2) is 5.38 Å². The smallest absolute Gasteiger partial charge is 0.271 e. The van der Waals surface area contributed by atoms with Gasteiger partial charge in [0.15, 0.2) is 0 Å². The highest BCUT2D eigenvalue weighted by atomic mass is 32.1. The van der Waals surface area contributed by atoms with Crippen molar-refractivity contribution in [3.63, 3.8) is 0 Å². The third-order valence-corrected chi connectivity index (χ3v) is 4.37. The van der Waals surface area contributed by atoms with E-state index in [9.17, 15) is 4.79 Å². The Balaban J connectivity index is 1.66. The monoisotopic (exact) mass is 253 g/mol. The van der Waals surface area contributed by atoms with Crippen LogP contribution in [0.1, 0.15) is 21.9 Å². The molecule has 2 heterocycles. The predicted octanol–water partition coefficient (Wildman–Crippen LogP) is 0.296. The number of carbonyl (C=O) groups is 1. The summed E-state index contributed by atoms with van der Waals surface area (Å²) < 4.78 is 5.56. The highest BCUT2D eigenvalue weighted by Crippen LogP contribution is 2.37. The average molecular weight is 253 g/mol. The molecule has 3 N–H and O–H groups in total. The molecule has 6 heteroatoms. The molecule has 4 unspecified atom stereocenters. The van der Waals surface area contributed by atoms with Crippen molar-refractivity contribution in [1.29, 1.82) is 0 Å². The van der Waals surface area contributed by atoms with E-state index < -0.39 is 0 Å². The van der Waals surface area contributed by atoms with Crippen LogP contribution in [0.3, 0.4) is 0 Å². The molecule has 17 heavy (non-hydrogen) atoms. The van der Waals surface area contributed by atoms with Crippen LogP contribution in [-0.2, 0) is 4.74 Å². The van der Waals surface area contributed by atoms with Gasteiger partial charge in [-0.2, -0.15) is 0 Å². The molecule has 1 aliphatic carbocycles. The highest BCUT2D eigenvalue weighted by molar-refractivity contribution is 7.09. The number of nitrogens with zero attached hydrogens (tertiary/aromatic N) is 1. The van der Waals surface area contributed by atoms with Crippen LogP contribution in [0, 0.1) is 12.8 Å². The number of rotatable bonds is 2. The second kappa shape index (κ2) is 4.04. The summed E-state index contributed by atoms with van der Waals surface area (Å²) in [5.41, 5.74) is 6.50. The van der Waals surface area contributed by atoms with Crippen LogP contribution >= 0.6 is 11.3 Å². The van der Waals surface area contributed by atoms with E-state index in [1.54, 1.807) is 5.38 Å². The Kier molecular flexibility index (Phi) is 2.65. The number of amides is 1. The normalized spacial score (nSPS) is 35.2. The van der Waals surface area contributed by atoms with Crippen LogP contribution in [-0.4, -0.2) is 35.7 Å². The summed E-state index contributed by atoms with van der Waals surface area (Å²) in [6.07, 6.45) is 1.11. The Morgan fingerprint density at radius 3 is 3.24 bits per heavy atom. The molecule has 4 atom stereocenters. The van der Waals surface area contributed by atoms with Crippen LogP contribution in [0.2, 0.25) is 0 Å². The Morgan fingerprint density at radius 2 is 2.53 bits per heavy atom. The van der Waals surface area contributed by atoms with E-state index in [-0.39, 0.29) is 24.1 Å². The number of carbonyl (C=O) groups excluding carboxylic acids is 1. The molecule has 1 amide bonds. The average Bonchev–Trinajstić information content (AvgIpc) is 2.92. The van der Waals surface area contributed by atoms with Gasteiger partial charge in [0.2, 0.25) is 0 Å². The van der Waals surface area contributed by atoms with E-state index in [1.165, 1.54) is 11.3 Å². The summed E-state index contributed by atoms with van der Waals surface area (Å²) in [4.78, 5) is 16.1. The zero-order chi connectivity index (χ0) is 12.0. The molecule has 0 spiro atoms. The van der Waals surface area contributed by atoms with E-state index in [2.05, 4.69) is 10.3 Å². The zero-order valence-electron chi connectivity index (χ0n) is 9.55. The summed E-state index contributed by atoms with van der Waals surface area (Å²) in [5, 5.41) is 5.58. The SMILES string of the molecule is Cc1nc(C(=O)NC2C(N)C3CCOC32)cs1. The van der Waals surface area contributed by atoms with Crippen molar-refractivity contribution in [2.75, 3.05) is 6.61 Å². The van der Waals surface area contributed by atoms with E-state index in [0.717, 1.165) is 18.0 Å². The van der Waals surface area contributed by atoms with E-state index in [4.69, 9.17) is 10.5 Å². The number of fused-ring (bicyclic) bond motifs is 1. The van der Waals surface area contributed by atoms with E-state index >= 15 is 0 Å². The zero-order valence-corrected chi connectivity index (χ0v) is 10.4. The second-order valence-electron chi connectivity index (χ2n) is 4.62. The van der Waals surface area contributed by atoms with Crippen molar-refractivity contribution >= 4 is 17.2 Å². The molecule has 1 aliphatic heterocycles. The molecule has 2 aliphatic rings. The van der Waals surface area contributed by atoms with Gasteiger partial charge in [-0.25, -0.2) is 4.98 Å². The van der Waals surface area contributed by atoms with E-state index in [1.807, 2.05) is 6.92 Å². The molecule has 0 aromatic carbocycles. The number of aromatic nitrogens is 1. The number of ether oxygens (including phenoxy) is 1. The van der Waals surface area contributed by atoms with Gasteiger partial charge in [-0.1, -0.05) is 0 Å². The molecule has 2 fully saturated rings. The third-order valence-electron chi connectivity index (χ3n) is 3.60. The largest absolute Gasteiger partial charge is 0.376 e. The number of hydrogen-bond donors (Lipinski definition) is 2. The molecule has 1 saturated carbocycles. The maximum Gasteiger partial charge on any atom is 0.271 e. The van der Waals surface area contributed by atoms with Gasteiger partial charge in [-0.3, -0.25) is 4.79 Å². The molecule has 92 valence electrons. The number of thiazole rings is 1. The van der Waals surface area contributed by atoms with Crippen LogP contribution < -0.4 is 11.1 Å². The van der Waals surface area contributed by atoms with Gasteiger partial charge in [-0.15, -0.1) is 11.3 Å². The molecule has 0 bridgehead atoms. The number of aryl methyl sites for hydroxylation is 1. The lowest BCUT2D eigenvalue weighted by Crippen LogP contribution is -2.68. The Labute approximate surface area is 103 Å². The maximum atomic E-state index is 11.9. The summed E-state index contributed by atoms with van der Waals surface area (Å²) in [5.74, 6) is 0.265. The number of nitrogens with one attached hydrogen (secondary N) is 1. The highest BCUT2D eigenvalue weighted by Gasteiger charge is 2.52. The van der Waals surface area contributed by atoms with Gasteiger partial charge in [0.05, 0.1) is 17.2 Å². The molecule has 0 radical (unpaired) electrons. The molecular formula is C11H15N3O2S. The first-order valence-electron chi connectivity index (χ1n) is 5.77. The fourth-order valence-electron chi connectivity index (χ4n) is 2.62. The topological polar surface area (TPSA) is 77.2 Å². The van der Waals surface area contributed by atoms with Crippen molar-refractivity contribution in [2.45, 2.75) is 31.5 Å². The minimum Gasteiger partial charge on any atom is -0.376 e. The van der Waals surface area contributed by atoms with Gasteiger partial charge in [0, 0.05) is 23.9 Å². The predicted molar refractivity (Wildman–Crippen MR) is 63.9 cm³/mol. The van der Waals surface area contributed by atoms with Gasteiger partial charge in [-0.05, 0) is 13.3 Å². The second-order valence-corrected chi connectivity index (χ2v) is 5.68. The van der Waals surface area contributed by atoms with Crippen molar-refractivity contribution in [3.05, 3.63) is 16.1 Å².